The van der Waals surface area contributed by atoms with Gasteiger partial charge in [-0.3, -0.25) is 0 Å². The molecule has 0 spiro atoms. The first kappa shape index (κ1) is 15.4. The van der Waals surface area contributed by atoms with E-state index >= 15 is 0 Å². The Morgan fingerprint density at radius 3 is 2.29 bits per heavy atom. The van der Waals surface area contributed by atoms with Gasteiger partial charge in [-0.05, 0) is 25.5 Å². The monoisotopic (exact) mass is 285 g/mol. The van der Waals surface area contributed by atoms with E-state index in [-0.39, 0.29) is 12.1 Å². The maximum Gasteiger partial charge on any atom is 0.123 e. The van der Waals surface area contributed by atoms with E-state index in [1.807, 2.05) is 36.4 Å². The van der Waals surface area contributed by atoms with Crippen molar-refractivity contribution in [2.45, 2.75) is 32.4 Å². The second kappa shape index (κ2) is 7.14. The van der Waals surface area contributed by atoms with Gasteiger partial charge in [-0.2, -0.15) is 0 Å². The van der Waals surface area contributed by atoms with Crippen molar-refractivity contribution in [2.24, 2.45) is 0 Å². The van der Waals surface area contributed by atoms with E-state index in [2.05, 4.69) is 25.2 Å². The predicted molar refractivity (Wildman–Crippen MR) is 85.7 cm³/mol. The summed E-state index contributed by atoms with van der Waals surface area (Å²) >= 11 is 0. The van der Waals surface area contributed by atoms with Crippen LogP contribution in [0.25, 0.3) is 0 Å². The Balaban J connectivity index is 2.20. The molecule has 0 saturated carbocycles. The Bertz CT molecular complexity index is 583. The van der Waals surface area contributed by atoms with E-state index < -0.39 is 0 Å². The van der Waals surface area contributed by atoms with Crippen molar-refractivity contribution in [1.82, 2.24) is 5.32 Å². The summed E-state index contributed by atoms with van der Waals surface area (Å²) in [6.45, 7) is 4.22. The molecule has 112 valence electrons. The van der Waals surface area contributed by atoms with Crippen LogP contribution in [0.2, 0.25) is 0 Å². The van der Waals surface area contributed by atoms with E-state index in [1.165, 1.54) is 0 Å². The molecular weight excluding hydrogens is 262 g/mol. The van der Waals surface area contributed by atoms with Crippen LogP contribution >= 0.6 is 0 Å². The van der Waals surface area contributed by atoms with Crippen molar-refractivity contribution < 1.29 is 9.84 Å². The van der Waals surface area contributed by atoms with Gasteiger partial charge >= 0.3 is 0 Å². The molecule has 0 aliphatic rings. The smallest absolute Gasteiger partial charge is 0.123 e. The topological polar surface area (TPSA) is 41.5 Å². The molecule has 1 unspecified atom stereocenters. The minimum Gasteiger partial charge on any atom is -0.508 e. The molecule has 0 radical (unpaired) electrons. The van der Waals surface area contributed by atoms with Crippen LogP contribution in [0.3, 0.4) is 0 Å². The highest BCUT2D eigenvalue weighted by atomic mass is 16.5. The summed E-state index contributed by atoms with van der Waals surface area (Å²) in [6.07, 6.45) is 0.900. The fourth-order valence-corrected chi connectivity index (χ4v) is 2.63. The number of ether oxygens (including phenoxy) is 1. The third-order valence-corrected chi connectivity index (χ3v) is 3.78. The molecule has 3 heteroatoms. The van der Waals surface area contributed by atoms with Gasteiger partial charge < -0.3 is 15.2 Å². The van der Waals surface area contributed by atoms with Gasteiger partial charge in [-0.25, -0.2) is 0 Å². The first-order valence-corrected chi connectivity index (χ1v) is 7.34. The zero-order chi connectivity index (χ0) is 15.2. The molecule has 2 rings (SSSR count). The lowest BCUT2D eigenvalue weighted by atomic mass is 10.00. The normalized spacial score (nSPS) is 13.7. The number of aromatic hydroxyl groups is 1. The maximum absolute atomic E-state index is 10.0. The van der Waals surface area contributed by atoms with E-state index in [1.54, 1.807) is 13.2 Å². The van der Waals surface area contributed by atoms with Crippen LogP contribution in [0, 0.1) is 0 Å². The van der Waals surface area contributed by atoms with Crippen molar-refractivity contribution in [1.29, 1.82) is 0 Å². The standard InChI is InChI=1S/C18H23NO2/c1-4-16(15-10-5-7-11-17(15)20)19-13(2)14-9-6-8-12-18(14)21-3/h5-13,16,19-20H,4H2,1-3H3/t13-,16?/m1/s1. The van der Waals surface area contributed by atoms with Crippen molar-refractivity contribution in [3.05, 3.63) is 59.7 Å². The summed E-state index contributed by atoms with van der Waals surface area (Å²) < 4.78 is 5.42. The van der Waals surface area contributed by atoms with Gasteiger partial charge in [-0.15, -0.1) is 0 Å². The minimum atomic E-state index is 0.103. The average molecular weight is 285 g/mol. The lowest BCUT2D eigenvalue weighted by Gasteiger charge is -2.24. The molecule has 2 aromatic carbocycles. The van der Waals surface area contributed by atoms with Crippen LogP contribution in [-0.2, 0) is 0 Å². The summed E-state index contributed by atoms with van der Waals surface area (Å²) in [7, 11) is 1.69. The SMILES string of the molecule is CCC(N[C@H](C)c1ccccc1OC)c1ccccc1O. The van der Waals surface area contributed by atoms with Gasteiger partial charge in [0.1, 0.15) is 11.5 Å². The van der Waals surface area contributed by atoms with E-state index in [4.69, 9.17) is 4.74 Å². The molecular formula is C18H23NO2. The second-order valence-electron chi connectivity index (χ2n) is 5.15. The number of nitrogens with one attached hydrogen (secondary N) is 1. The number of methoxy groups -OCH3 is 1. The van der Waals surface area contributed by atoms with Crippen molar-refractivity contribution in [2.75, 3.05) is 7.11 Å². The molecule has 0 bridgehead atoms. The van der Waals surface area contributed by atoms with Gasteiger partial charge in [0.2, 0.25) is 0 Å². The summed E-state index contributed by atoms with van der Waals surface area (Å²) in [5.41, 5.74) is 2.05. The Morgan fingerprint density at radius 1 is 1.05 bits per heavy atom. The second-order valence-corrected chi connectivity index (χ2v) is 5.15. The maximum atomic E-state index is 10.0. The molecule has 3 nitrogen and oxygen atoms in total. The number of hydrogen-bond acceptors (Lipinski definition) is 3. The molecule has 0 aromatic heterocycles. The molecule has 0 heterocycles. The number of phenols is 1. The van der Waals surface area contributed by atoms with Gasteiger partial charge in [-0.1, -0.05) is 43.3 Å². The molecule has 0 saturated heterocycles. The first-order chi connectivity index (χ1) is 10.2. The number of hydrogen-bond donors (Lipinski definition) is 2. The van der Waals surface area contributed by atoms with Crippen molar-refractivity contribution in [3.8, 4) is 11.5 Å². The summed E-state index contributed by atoms with van der Waals surface area (Å²) in [6, 6.07) is 15.7. The molecule has 0 aliphatic carbocycles. The Labute approximate surface area is 126 Å². The molecule has 2 aromatic rings. The van der Waals surface area contributed by atoms with Crippen LogP contribution in [0.1, 0.15) is 43.5 Å². The lowest BCUT2D eigenvalue weighted by Crippen LogP contribution is -2.24. The number of benzene rings is 2. The van der Waals surface area contributed by atoms with Crippen LogP contribution in [-0.4, -0.2) is 12.2 Å². The van der Waals surface area contributed by atoms with E-state index in [0.29, 0.717) is 5.75 Å². The van der Waals surface area contributed by atoms with Crippen LogP contribution in [0.15, 0.2) is 48.5 Å². The van der Waals surface area contributed by atoms with E-state index in [0.717, 1.165) is 23.3 Å². The van der Waals surface area contributed by atoms with Gasteiger partial charge in [0, 0.05) is 23.2 Å². The zero-order valence-corrected chi connectivity index (χ0v) is 12.8. The van der Waals surface area contributed by atoms with Gasteiger partial charge in [0.25, 0.3) is 0 Å². The predicted octanol–water partition coefficient (Wildman–Crippen LogP) is 4.20. The fraction of sp³-hybridized carbons (Fsp3) is 0.333. The summed E-state index contributed by atoms with van der Waals surface area (Å²) in [4.78, 5) is 0. The number of phenolic OH excluding ortho intramolecular Hbond substituents is 1. The highest BCUT2D eigenvalue weighted by Gasteiger charge is 2.18. The molecule has 2 N–H and O–H groups in total. The Kier molecular flexibility index (Phi) is 5.23. The van der Waals surface area contributed by atoms with Crippen molar-refractivity contribution >= 4 is 0 Å². The van der Waals surface area contributed by atoms with Crippen LogP contribution in [0.5, 0.6) is 11.5 Å². The van der Waals surface area contributed by atoms with Crippen LogP contribution in [0.4, 0.5) is 0 Å². The Morgan fingerprint density at radius 2 is 1.67 bits per heavy atom. The molecule has 0 fully saturated rings. The van der Waals surface area contributed by atoms with Gasteiger partial charge in [0.15, 0.2) is 0 Å². The molecule has 21 heavy (non-hydrogen) atoms. The van der Waals surface area contributed by atoms with Crippen LogP contribution < -0.4 is 10.1 Å². The summed E-state index contributed by atoms with van der Waals surface area (Å²) in [5, 5.41) is 13.6. The minimum absolute atomic E-state index is 0.103. The quantitative estimate of drug-likeness (QED) is 0.835. The van der Waals surface area contributed by atoms with Gasteiger partial charge in [0.05, 0.1) is 7.11 Å². The Hall–Kier alpha value is -2.00. The molecule has 0 amide bonds. The van der Waals surface area contributed by atoms with E-state index in [9.17, 15) is 5.11 Å². The average Bonchev–Trinajstić information content (AvgIpc) is 2.53. The highest BCUT2D eigenvalue weighted by Crippen LogP contribution is 2.31. The first-order valence-electron chi connectivity index (χ1n) is 7.34. The fourth-order valence-electron chi connectivity index (χ4n) is 2.63. The molecule has 2 atom stereocenters. The largest absolute Gasteiger partial charge is 0.508 e. The number of rotatable bonds is 6. The third kappa shape index (κ3) is 3.56. The lowest BCUT2D eigenvalue weighted by molar-refractivity contribution is 0.387. The number of para-hydroxylation sites is 2. The summed E-state index contributed by atoms with van der Waals surface area (Å²) in [5.74, 6) is 1.22. The van der Waals surface area contributed by atoms with Crippen molar-refractivity contribution in [3.63, 3.8) is 0 Å². The molecule has 0 aliphatic heterocycles. The third-order valence-electron chi connectivity index (χ3n) is 3.78. The zero-order valence-electron chi connectivity index (χ0n) is 12.8. The highest BCUT2D eigenvalue weighted by molar-refractivity contribution is 5.37.